The molecule has 0 aliphatic heterocycles. The second kappa shape index (κ2) is 12.0. The van der Waals surface area contributed by atoms with Crippen LogP contribution in [0.3, 0.4) is 0 Å². The van der Waals surface area contributed by atoms with E-state index in [1.807, 2.05) is 108 Å². The number of hydrogen-bond donors (Lipinski definition) is 1. The van der Waals surface area contributed by atoms with Crippen LogP contribution in [0, 0.1) is 0 Å². The summed E-state index contributed by atoms with van der Waals surface area (Å²) < 4.78 is 4.16. The van der Waals surface area contributed by atoms with Gasteiger partial charge in [-0.25, -0.2) is 0 Å². The fraction of sp³-hybridized carbons (Fsp3) is 0. The lowest BCUT2D eigenvalue weighted by atomic mass is 10.1. The fourth-order valence-electron chi connectivity index (χ4n) is 4.41. The van der Waals surface area contributed by atoms with E-state index >= 15 is 0 Å². The molecule has 39 heavy (non-hydrogen) atoms. The van der Waals surface area contributed by atoms with E-state index in [0.29, 0.717) is 0 Å². The number of anilines is 1. The van der Waals surface area contributed by atoms with Crippen LogP contribution >= 0.6 is 0 Å². The van der Waals surface area contributed by atoms with Crippen LogP contribution in [-0.2, 0) is 0 Å². The van der Waals surface area contributed by atoms with Crippen molar-refractivity contribution in [3.63, 3.8) is 0 Å². The fourth-order valence-corrected chi connectivity index (χ4v) is 4.41. The standard InChI is InChI=1S/C33H25N5.ClH/c1-6-16-26(17-7-1)31(35-34-28-20-10-3-11-21-28)33-37(29-22-12-4-13-23-29)32(27-18-8-2-9-19-27)36-38(33)30-24-14-5-15-25-30;/h1-25H;1H. The number of halogens is 1. The Morgan fingerprint density at radius 2 is 1.13 bits per heavy atom. The molecule has 6 aromatic rings. The first-order valence-electron chi connectivity index (χ1n) is 12.5. The Kier molecular flexibility index (Phi) is 7.91. The zero-order valence-corrected chi connectivity index (χ0v) is 21.9. The molecule has 1 aromatic heterocycles. The number of hydrogen-bond acceptors (Lipinski definition) is 3. The molecular formula is C33H26ClN5. The van der Waals surface area contributed by atoms with Gasteiger partial charge in [0.1, 0.15) is 11.4 Å². The van der Waals surface area contributed by atoms with Gasteiger partial charge < -0.3 is 12.4 Å². The van der Waals surface area contributed by atoms with Crippen molar-refractivity contribution >= 4 is 11.4 Å². The molecule has 0 atom stereocenters. The molecule has 5 aromatic carbocycles. The molecule has 0 bridgehead atoms. The van der Waals surface area contributed by atoms with E-state index in [4.69, 9.17) is 10.2 Å². The van der Waals surface area contributed by atoms with E-state index in [2.05, 4.69) is 58.5 Å². The zero-order valence-electron chi connectivity index (χ0n) is 21.1. The van der Waals surface area contributed by atoms with Crippen LogP contribution in [-0.4, -0.2) is 15.5 Å². The van der Waals surface area contributed by atoms with Gasteiger partial charge in [0.2, 0.25) is 0 Å². The lowest BCUT2D eigenvalue weighted by molar-refractivity contribution is -0.586. The van der Waals surface area contributed by atoms with Gasteiger partial charge in [0, 0.05) is 5.56 Å². The lowest BCUT2D eigenvalue weighted by Crippen LogP contribution is -3.00. The summed E-state index contributed by atoms with van der Waals surface area (Å²) in [6.45, 7) is 0. The highest BCUT2D eigenvalue weighted by atomic mass is 35.5. The summed E-state index contributed by atoms with van der Waals surface area (Å²) in [7, 11) is 0. The van der Waals surface area contributed by atoms with E-state index in [-0.39, 0.29) is 12.4 Å². The molecule has 0 fully saturated rings. The summed E-state index contributed by atoms with van der Waals surface area (Å²) in [5, 5.41) is 10.2. The van der Waals surface area contributed by atoms with Crippen molar-refractivity contribution in [1.82, 2.24) is 9.78 Å². The minimum absolute atomic E-state index is 0. The third-order valence-corrected chi connectivity index (χ3v) is 6.20. The topological polar surface area (TPSA) is 46.1 Å². The van der Waals surface area contributed by atoms with Crippen LogP contribution < -0.4 is 22.4 Å². The van der Waals surface area contributed by atoms with Crippen LogP contribution in [0.5, 0.6) is 0 Å². The number of rotatable bonds is 7. The predicted octanol–water partition coefficient (Wildman–Crippen LogP) is 3.68. The number of nitrogens with one attached hydrogen (secondary N) is 1. The maximum atomic E-state index is 5.20. The Morgan fingerprint density at radius 1 is 0.615 bits per heavy atom. The van der Waals surface area contributed by atoms with Crippen LogP contribution in [0.2, 0.25) is 0 Å². The van der Waals surface area contributed by atoms with E-state index < -0.39 is 0 Å². The van der Waals surface area contributed by atoms with Gasteiger partial charge in [-0.05, 0) is 48.5 Å². The first-order chi connectivity index (χ1) is 18.9. The van der Waals surface area contributed by atoms with Crippen molar-refractivity contribution in [2.75, 3.05) is 5.43 Å². The zero-order chi connectivity index (χ0) is 25.6. The summed E-state index contributed by atoms with van der Waals surface area (Å²) in [4.78, 5) is 0. The molecule has 1 N–H and O–H groups in total. The van der Waals surface area contributed by atoms with E-state index in [0.717, 1.165) is 45.5 Å². The molecular weight excluding hydrogens is 502 g/mol. The summed E-state index contributed by atoms with van der Waals surface area (Å²) in [6, 6.07) is 51.0. The number of benzene rings is 5. The highest BCUT2D eigenvalue weighted by Crippen LogP contribution is 2.22. The second-order valence-corrected chi connectivity index (χ2v) is 8.74. The SMILES string of the molecule is [Cl-].c1ccc(N/N=C(\c2ccccc2)c2n(-c3ccccc3)nc(-c3ccccc3)[n+]2-c2ccccc2)cc1. The van der Waals surface area contributed by atoms with Gasteiger partial charge in [0.15, 0.2) is 5.71 Å². The molecule has 190 valence electrons. The van der Waals surface area contributed by atoms with Crippen molar-refractivity contribution in [2.24, 2.45) is 5.10 Å². The lowest BCUT2D eigenvalue weighted by Gasteiger charge is -2.10. The predicted molar refractivity (Wildman–Crippen MR) is 153 cm³/mol. The van der Waals surface area contributed by atoms with Crippen molar-refractivity contribution in [3.8, 4) is 22.8 Å². The van der Waals surface area contributed by atoms with E-state index in [9.17, 15) is 0 Å². The molecule has 1 heterocycles. The Balaban J connectivity index is 0.00000308. The van der Waals surface area contributed by atoms with E-state index in [1.165, 1.54) is 0 Å². The van der Waals surface area contributed by atoms with Crippen molar-refractivity contribution in [2.45, 2.75) is 0 Å². The maximum absolute atomic E-state index is 5.20. The number of para-hydroxylation sites is 3. The normalized spacial score (nSPS) is 11.0. The molecule has 0 saturated carbocycles. The molecule has 0 unspecified atom stereocenters. The summed E-state index contributed by atoms with van der Waals surface area (Å²) in [5.74, 6) is 1.65. The minimum Gasteiger partial charge on any atom is -1.00 e. The molecule has 0 aliphatic rings. The van der Waals surface area contributed by atoms with Crippen molar-refractivity contribution in [3.05, 3.63) is 163 Å². The van der Waals surface area contributed by atoms with Crippen LogP contribution in [0.15, 0.2) is 157 Å². The third kappa shape index (κ3) is 5.49. The molecule has 0 saturated heterocycles. The molecule has 5 nitrogen and oxygen atoms in total. The summed E-state index contributed by atoms with van der Waals surface area (Å²) >= 11 is 0. The Morgan fingerprint density at radius 3 is 1.74 bits per heavy atom. The van der Waals surface area contributed by atoms with Gasteiger partial charge >= 0.3 is 5.82 Å². The maximum Gasteiger partial charge on any atom is 0.314 e. The highest BCUT2D eigenvalue weighted by Gasteiger charge is 2.33. The summed E-state index contributed by atoms with van der Waals surface area (Å²) in [6.07, 6.45) is 0. The average molecular weight is 528 g/mol. The molecule has 6 rings (SSSR count). The van der Waals surface area contributed by atoms with Gasteiger partial charge in [-0.3, -0.25) is 5.43 Å². The first-order valence-corrected chi connectivity index (χ1v) is 12.5. The van der Waals surface area contributed by atoms with Gasteiger partial charge in [-0.2, -0.15) is 9.67 Å². The molecule has 0 aliphatic carbocycles. The van der Waals surface area contributed by atoms with Crippen LogP contribution in [0.25, 0.3) is 22.8 Å². The Labute approximate surface area is 234 Å². The quantitative estimate of drug-likeness (QED) is 0.196. The third-order valence-electron chi connectivity index (χ3n) is 6.20. The molecule has 6 heteroatoms. The monoisotopic (exact) mass is 527 g/mol. The van der Waals surface area contributed by atoms with Gasteiger partial charge in [-0.15, -0.1) is 0 Å². The van der Waals surface area contributed by atoms with Crippen molar-refractivity contribution in [1.29, 1.82) is 0 Å². The van der Waals surface area contributed by atoms with Crippen LogP contribution in [0.1, 0.15) is 11.4 Å². The Bertz CT molecular complexity index is 1650. The van der Waals surface area contributed by atoms with Gasteiger partial charge in [0.25, 0.3) is 5.82 Å². The highest BCUT2D eigenvalue weighted by molar-refractivity contribution is 6.10. The Hall–Kier alpha value is -5.00. The van der Waals surface area contributed by atoms with Gasteiger partial charge in [0.05, 0.1) is 16.3 Å². The largest absolute Gasteiger partial charge is 1.00 e. The average Bonchev–Trinajstić information content (AvgIpc) is 3.40. The smallest absolute Gasteiger partial charge is 0.314 e. The molecule has 0 amide bonds. The van der Waals surface area contributed by atoms with Gasteiger partial charge in [-0.1, -0.05) is 108 Å². The molecule has 0 spiro atoms. The first kappa shape index (κ1) is 25.6. The second-order valence-electron chi connectivity index (χ2n) is 8.74. The minimum atomic E-state index is 0. The number of nitrogens with zero attached hydrogens (tertiary/aromatic N) is 4. The molecule has 0 radical (unpaired) electrons. The van der Waals surface area contributed by atoms with Crippen LogP contribution in [0.4, 0.5) is 5.69 Å². The summed E-state index contributed by atoms with van der Waals surface area (Å²) in [5.41, 5.74) is 8.86. The van der Waals surface area contributed by atoms with E-state index in [1.54, 1.807) is 0 Å². The van der Waals surface area contributed by atoms with Crippen molar-refractivity contribution < 1.29 is 17.0 Å². The number of aromatic nitrogens is 3. The number of hydrazone groups is 1.